The molecule has 0 radical (unpaired) electrons. The average molecular weight is 472 g/mol. The first-order valence-corrected chi connectivity index (χ1v) is 9.27. The van der Waals surface area contributed by atoms with Crippen molar-refractivity contribution in [1.29, 1.82) is 0 Å². The van der Waals surface area contributed by atoms with Crippen molar-refractivity contribution in [2.24, 2.45) is 10.9 Å². The SMILES string of the molecule is CN=C(NCC1(N(C)C)Cc2ccccc2C1)N1CCC(COC)C1.I. The van der Waals surface area contributed by atoms with Crippen LogP contribution in [-0.4, -0.2) is 75.8 Å². The fourth-order valence-electron chi connectivity index (χ4n) is 4.25. The van der Waals surface area contributed by atoms with E-state index in [2.05, 4.69) is 58.5 Å². The van der Waals surface area contributed by atoms with Gasteiger partial charge in [0.2, 0.25) is 0 Å². The number of aliphatic imine (C=N–C) groups is 1. The number of benzene rings is 1. The summed E-state index contributed by atoms with van der Waals surface area (Å²) in [6.07, 6.45) is 3.36. The highest BCUT2D eigenvalue weighted by atomic mass is 127. The summed E-state index contributed by atoms with van der Waals surface area (Å²) in [5.74, 6) is 1.64. The Labute approximate surface area is 175 Å². The zero-order valence-corrected chi connectivity index (χ0v) is 18.8. The number of likely N-dealkylation sites (N-methyl/N-ethyl adjacent to an activating group) is 1. The zero-order valence-electron chi connectivity index (χ0n) is 16.5. The van der Waals surface area contributed by atoms with E-state index in [0.29, 0.717) is 5.92 Å². The van der Waals surface area contributed by atoms with Crippen molar-refractivity contribution >= 4 is 29.9 Å². The van der Waals surface area contributed by atoms with Gasteiger partial charge in [-0.15, -0.1) is 24.0 Å². The summed E-state index contributed by atoms with van der Waals surface area (Å²) in [6.45, 7) is 3.84. The van der Waals surface area contributed by atoms with E-state index in [1.54, 1.807) is 7.11 Å². The largest absolute Gasteiger partial charge is 0.384 e. The van der Waals surface area contributed by atoms with E-state index in [-0.39, 0.29) is 29.5 Å². The van der Waals surface area contributed by atoms with Gasteiger partial charge in [-0.1, -0.05) is 24.3 Å². The van der Waals surface area contributed by atoms with Crippen LogP contribution in [0.25, 0.3) is 0 Å². The molecule has 0 spiro atoms. The van der Waals surface area contributed by atoms with Crippen molar-refractivity contribution in [3.05, 3.63) is 35.4 Å². The molecule has 5 nitrogen and oxygen atoms in total. The lowest BCUT2D eigenvalue weighted by molar-refractivity contribution is 0.156. The molecule has 1 N–H and O–H groups in total. The standard InChI is InChI=1S/C20H32N4O.HI/c1-21-19(24-10-9-16(13-24)14-25-4)22-15-20(23(2)3)11-17-7-5-6-8-18(17)12-20;/h5-8,16H,9-15H2,1-4H3,(H,21,22);1H. The number of guanidine groups is 1. The third kappa shape index (κ3) is 4.51. The highest BCUT2D eigenvalue weighted by molar-refractivity contribution is 14.0. The topological polar surface area (TPSA) is 40.1 Å². The predicted molar refractivity (Wildman–Crippen MR) is 119 cm³/mol. The maximum Gasteiger partial charge on any atom is 0.193 e. The van der Waals surface area contributed by atoms with Crippen LogP contribution in [0.2, 0.25) is 0 Å². The molecule has 2 aliphatic rings. The van der Waals surface area contributed by atoms with Crippen LogP contribution >= 0.6 is 24.0 Å². The lowest BCUT2D eigenvalue weighted by Gasteiger charge is -2.37. The lowest BCUT2D eigenvalue weighted by atomic mass is 9.94. The second kappa shape index (κ2) is 9.37. The summed E-state index contributed by atoms with van der Waals surface area (Å²) in [6, 6.07) is 8.84. The van der Waals surface area contributed by atoms with Gasteiger partial charge in [0.05, 0.1) is 6.61 Å². The predicted octanol–water partition coefficient (Wildman–Crippen LogP) is 2.25. The molecule has 0 aromatic heterocycles. The maximum absolute atomic E-state index is 5.32. The van der Waals surface area contributed by atoms with E-state index < -0.39 is 0 Å². The van der Waals surface area contributed by atoms with E-state index in [1.165, 1.54) is 17.5 Å². The molecule has 146 valence electrons. The minimum absolute atomic E-state index is 0. The molecule has 6 heteroatoms. The number of nitrogens with zero attached hydrogens (tertiary/aromatic N) is 3. The Kier molecular flexibility index (Phi) is 7.73. The number of halogens is 1. The highest BCUT2D eigenvalue weighted by Gasteiger charge is 2.39. The second-order valence-corrected chi connectivity index (χ2v) is 7.70. The number of hydrogen-bond acceptors (Lipinski definition) is 3. The Morgan fingerprint density at radius 3 is 2.50 bits per heavy atom. The number of hydrogen-bond donors (Lipinski definition) is 1. The van der Waals surface area contributed by atoms with E-state index in [9.17, 15) is 0 Å². The third-order valence-electron chi connectivity index (χ3n) is 5.88. The second-order valence-electron chi connectivity index (χ2n) is 7.70. The van der Waals surface area contributed by atoms with Crippen molar-refractivity contribution in [3.63, 3.8) is 0 Å². The fourth-order valence-corrected chi connectivity index (χ4v) is 4.25. The normalized spacial score (nSPS) is 21.7. The van der Waals surface area contributed by atoms with Gasteiger partial charge in [0.25, 0.3) is 0 Å². The Hall–Kier alpha value is -0.860. The van der Waals surface area contributed by atoms with Gasteiger partial charge < -0.3 is 19.9 Å². The van der Waals surface area contributed by atoms with Crippen LogP contribution in [0.5, 0.6) is 0 Å². The molecular formula is C20H33IN4O. The van der Waals surface area contributed by atoms with Gasteiger partial charge in [-0.2, -0.15) is 0 Å². The molecule has 1 aliphatic carbocycles. The molecule has 1 atom stereocenters. The number of methoxy groups -OCH3 is 1. The van der Waals surface area contributed by atoms with Crippen molar-refractivity contribution in [3.8, 4) is 0 Å². The average Bonchev–Trinajstić information content (AvgIpc) is 3.21. The molecule has 3 rings (SSSR count). The van der Waals surface area contributed by atoms with Gasteiger partial charge in [0.1, 0.15) is 0 Å². The van der Waals surface area contributed by atoms with Crippen molar-refractivity contribution in [1.82, 2.24) is 15.1 Å². The zero-order chi connectivity index (χ0) is 17.9. The van der Waals surface area contributed by atoms with Crippen LogP contribution in [-0.2, 0) is 17.6 Å². The fraction of sp³-hybridized carbons (Fsp3) is 0.650. The minimum atomic E-state index is 0. The number of nitrogens with one attached hydrogen (secondary N) is 1. The molecule has 1 fully saturated rings. The van der Waals surface area contributed by atoms with Crippen molar-refractivity contribution in [2.45, 2.75) is 24.8 Å². The molecule has 1 saturated heterocycles. The molecule has 0 saturated carbocycles. The van der Waals surface area contributed by atoms with Crippen LogP contribution < -0.4 is 5.32 Å². The Morgan fingerprint density at radius 2 is 1.96 bits per heavy atom. The van der Waals surface area contributed by atoms with Gasteiger partial charge in [-0.3, -0.25) is 4.99 Å². The number of ether oxygens (including phenoxy) is 1. The van der Waals surface area contributed by atoms with Crippen LogP contribution in [0.3, 0.4) is 0 Å². The smallest absolute Gasteiger partial charge is 0.193 e. The summed E-state index contributed by atoms with van der Waals surface area (Å²) in [4.78, 5) is 9.29. The van der Waals surface area contributed by atoms with E-state index in [4.69, 9.17) is 4.74 Å². The first-order chi connectivity index (χ1) is 12.1. The monoisotopic (exact) mass is 472 g/mol. The van der Waals surface area contributed by atoms with Crippen molar-refractivity contribution < 1.29 is 4.74 Å². The molecule has 1 unspecified atom stereocenters. The summed E-state index contributed by atoms with van der Waals surface area (Å²) in [7, 11) is 8.06. The Balaban J connectivity index is 0.00000243. The van der Waals surface area contributed by atoms with Gasteiger partial charge in [0.15, 0.2) is 5.96 Å². The molecule has 0 bridgehead atoms. The molecule has 0 amide bonds. The van der Waals surface area contributed by atoms with Crippen LogP contribution in [0.15, 0.2) is 29.3 Å². The quantitative estimate of drug-likeness (QED) is 0.406. The first kappa shape index (κ1) is 21.4. The summed E-state index contributed by atoms with van der Waals surface area (Å²) >= 11 is 0. The van der Waals surface area contributed by atoms with E-state index in [0.717, 1.165) is 45.0 Å². The van der Waals surface area contributed by atoms with Crippen LogP contribution in [0.1, 0.15) is 17.5 Å². The molecule has 1 aliphatic heterocycles. The van der Waals surface area contributed by atoms with Gasteiger partial charge in [-0.05, 0) is 44.5 Å². The third-order valence-corrected chi connectivity index (χ3v) is 5.88. The Bertz CT molecular complexity index is 595. The summed E-state index contributed by atoms with van der Waals surface area (Å²) in [5, 5.41) is 3.67. The number of fused-ring (bicyclic) bond motifs is 1. The number of likely N-dealkylation sites (tertiary alicyclic amines) is 1. The molecule has 1 aromatic rings. The van der Waals surface area contributed by atoms with Gasteiger partial charge in [-0.25, -0.2) is 0 Å². The maximum atomic E-state index is 5.32. The van der Waals surface area contributed by atoms with Crippen LogP contribution in [0, 0.1) is 5.92 Å². The minimum Gasteiger partial charge on any atom is -0.384 e. The molecular weight excluding hydrogens is 439 g/mol. The van der Waals surface area contributed by atoms with Crippen LogP contribution in [0.4, 0.5) is 0 Å². The molecule has 1 aromatic carbocycles. The number of rotatable bonds is 5. The first-order valence-electron chi connectivity index (χ1n) is 9.27. The van der Waals surface area contributed by atoms with E-state index >= 15 is 0 Å². The van der Waals surface area contributed by atoms with Crippen molar-refractivity contribution in [2.75, 3.05) is 54.5 Å². The van der Waals surface area contributed by atoms with Gasteiger partial charge in [0, 0.05) is 45.2 Å². The Morgan fingerprint density at radius 1 is 1.31 bits per heavy atom. The summed E-state index contributed by atoms with van der Waals surface area (Å²) < 4.78 is 5.32. The lowest BCUT2D eigenvalue weighted by Crippen LogP contribution is -2.55. The van der Waals surface area contributed by atoms with E-state index in [1.807, 2.05) is 7.05 Å². The highest BCUT2D eigenvalue weighted by Crippen LogP contribution is 2.33. The van der Waals surface area contributed by atoms with Gasteiger partial charge >= 0.3 is 0 Å². The summed E-state index contributed by atoms with van der Waals surface area (Å²) in [5.41, 5.74) is 3.08. The molecule has 26 heavy (non-hydrogen) atoms. The molecule has 1 heterocycles.